The van der Waals surface area contributed by atoms with Crippen molar-refractivity contribution >= 4 is 0 Å². The maximum absolute atomic E-state index is 5.86. The first kappa shape index (κ1) is 16.8. The maximum atomic E-state index is 5.86. The van der Waals surface area contributed by atoms with Crippen molar-refractivity contribution in [1.29, 1.82) is 0 Å². The van der Waals surface area contributed by atoms with E-state index in [2.05, 4.69) is 0 Å². The molecule has 1 aliphatic rings. The van der Waals surface area contributed by atoms with Gasteiger partial charge in [0, 0.05) is 34.5 Å². The molecule has 0 aliphatic carbocycles. The Morgan fingerprint density at radius 1 is 0.842 bits per heavy atom. The van der Waals surface area contributed by atoms with Crippen LogP contribution in [0.5, 0.6) is 0 Å². The van der Waals surface area contributed by atoms with Gasteiger partial charge < -0.3 is 28.4 Å². The summed E-state index contributed by atoms with van der Waals surface area (Å²) in [5.74, 6) is 0. The summed E-state index contributed by atoms with van der Waals surface area (Å²) in [5, 5.41) is 0. The summed E-state index contributed by atoms with van der Waals surface area (Å²) in [6.45, 7) is 5.52. The molecule has 1 rings (SSSR count). The fourth-order valence-electron chi connectivity index (χ4n) is 2.35. The summed E-state index contributed by atoms with van der Waals surface area (Å²) in [7, 11) is 4.83. The van der Waals surface area contributed by atoms with E-state index in [-0.39, 0.29) is 24.4 Å². The Labute approximate surface area is 115 Å². The van der Waals surface area contributed by atoms with Gasteiger partial charge in [0.05, 0.1) is 6.61 Å². The second-order valence-corrected chi connectivity index (χ2v) is 4.26. The van der Waals surface area contributed by atoms with Crippen molar-refractivity contribution in [2.75, 3.05) is 41.2 Å². The second kappa shape index (κ2) is 8.84. The molecule has 0 bridgehead atoms. The van der Waals surface area contributed by atoms with Crippen LogP contribution < -0.4 is 0 Å². The van der Waals surface area contributed by atoms with Crippen LogP contribution in [-0.4, -0.2) is 71.9 Å². The average Bonchev–Trinajstić information content (AvgIpc) is 2.45. The van der Waals surface area contributed by atoms with Crippen molar-refractivity contribution in [3.63, 3.8) is 0 Å². The van der Waals surface area contributed by atoms with Crippen molar-refractivity contribution in [3.8, 4) is 0 Å². The molecule has 6 heteroatoms. The molecule has 1 fully saturated rings. The van der Waals surface area contributed by atoms with Gasteiger partial charge in [-0.25, -0.2) is 0 Å². The summed E-state index contributed by atoms with van der Waals surface area (Å²) in [5.41, 5.74) is 0. The van der Waals surface area contributed by atoms with Crippen LogP contribution in [0.3, 0.4) is 0 Å². The quantitative estimate of drug-likeness (QED) is 0.655. The third-order valence-electron chi connectivity index (χ3n) is 3.21. The highest BCUT2D eigenvalue weighted by Gasteiger charge is 2.47. The standard InChI is InChI=1S/C13H26O6/c1-6-17-8-9-10(18-7-2)11(14-3)12(15-4)13(16-5)19-9/h9-13H,6-8H2,1-5H3/t9?,10?,11?,12?,13-/m1/s1. The third kappa shape index (κ3) is 4.11. The van der Waals surface area contributed by atoms with E-state index in [4.69, 9.17) is 28.4 Å². The van der Waals surface area contributed by atoms with Crippen molar-refractivity contribution in [1.82, 2.24) is 0 Å². The minimum Gasteiger partial charge on any atom is -0.379 e. The van der Waals surface area contributed by atoms with E-state index in [0.717, 1.165) is 0 Å². The van der Waals surface area contributed by atoms with Crippen LogP contribution >= 0.6 is 0 Å². The lowest BCUT2D eigenvalue weighted by molar-refractivity contribution is -0.310. The molecule has 0 amide bonds. The largest absolute Gasteiger partial charge is 0.379 e. The minimum atomic E-state index is -0.489. The SMILES string of the molecule is CCOCC1O[C@@H](OC)C(OC)C(OC)C1OCC. The van der Waals surface area contributed by atoms with Crippen LogP contribution in [0.2, 0.25) is 0 Å². The molecule has 0 aromatic rings. The molecule has 1 aliphatic heterocycles. The Morgan fingerprint density at radius 3 is 2.00 bits per heavy atom. The van der Waals surface area contributed by atoms with Gasteiger partial charge in [0.2, 0.25) is 0 Å². The lowest BCUT2D eigenvalue weighted by atomic mass is 9.98. The second-order valence-electron chi connectivity index (χ2n) is 4.26. The van der Waals surface area contributed by atoms with E-state index in [1.54, 1.807) is 21.3 Å². The van der Waals surface area contributed by atoms with Crippen molar-refractivity contribution in [3.05, 3.63) is 0 Å². The smallest absolute Gasteiger partial charge is 0.186 e. The molecule has 0 saturated carbocycles. The van der Waals surface area contributed by atoms with E-state index in [0.29, 0.717) is 19.8 Å². The predicted molar refractivity (Wildman–Crippen MR) is 69.2 cm³/mol. The van der Waals surface area contributed by atoms with Crippen LogP contribution in [0, 0.1) is 0 Å². The lowest BCUT2D eigenvalue weighted by Gasteiger charge is -2.44. The lowest BCUT2D eigenvalue weighted by Crippen LogP contribution is -2.61. The van der Waals surface area contributed by atoms with Gasteiger partial charge in [0.25, 0.3) is 0 Å². The molecular weight excluding hydrogens is 252 g/mol. The van der Waals surface area contributed by atoms with E-state index in [1.165, 1.54) is 0 Å². The molecule has 0 N–H and O–H groups in total. The topological polar surface area (TPSA) is 55.4 Å². The molecule has 0 spiro atoms. The van der Waals surface area contributed by atoms with Gasteiger partial charge in [0.1, 0.15) is 24.4 Å². The zero-order valence-electron chi connectivity index (χ0n) is 12.5. The number of hydrogen-bond donors (Lipinski definition) is 0. The van der Waals surface area contributed by atoms with E-state index in [1.807, 2.05) is 13.8 Å². The van der Waals surface area contributed by atoms with E-state index in [9.17, 15) is 0 Å². The molecule has 0 aromatic carbocycles. The first-order valence-corrected chi connectivity index (χ1v) is 6.66. The molecular formula is C13H26O6. The Bertz CT molecular complexity index is 237. The Balaban J connectivity index is 2.83. The summed E-state index contributed by atoms with van der Waals surface area (Å²) >= 11 is 0. The van der Waals surface area contributed by atoms with Gasteiger partial charge in [-0.3, -0.25) is 0 Å². The van der Waals surface area contributed by atoms with Crippen molar-refractivity contribution < 1.29 is 28.4 Å². The highest BCUT2D eigenvalue weighted by atomic mass is 16.7. The van der Waals surface area contributed by atoms with Crippen LogP contribution in [0.15, 0.2) is 0 Å². The number of ether oxygens (including phenoxy) is 6. The van der Waals surface area contributed by atoms with Gasteiger partial charge in [-0.2, -0.15) is 0 Å². The van der Waals surface area contributed by atoms with Crippen LogP contribution in [-0.2, 0) is 28.4 Å². The van der Waals surface area contributed by atoms with Crippen LogP contribution in [0.1, 0.15) is 13.8 Å². The highest BCUT2D eigenvalue weighted by Crippen LogP contribution is 2.28. The summed E-state index contributed by atoms with van der Waals surface area (Å²) < 4.78 is 33.4. The average molecular weight is 278 g/mol. The molecule has 0 radical (unpaired) electrons. The predicted octanol–water partition coefficient (Wildman–Crippen LogP) is 0.829. The van der Waals surface area contributed by atoms with Gasteiger partial charge >= 0.3 is 0 Å². The maximum Gasteiger partial charge on any atom is 0.186 e. The third-order valence-corrected chi connectivity index (χ3v) is 3.21. The molecule has 114 valence electrons. The molecule has 1 saturated heterocycles. The molecule has 1 heterocycles. The normalized spacial score (nSPS) is 35.5. The summed E-state index contributed by atoms with van der Waals surface area (Å²) in [4.78, 5) is 0. The minimum absolute atomic E-state index is 0.235. The van der Waals surface area contributed by atoms with Gasteiger partial charge in [-0.05, 0) is 13.8 Å². The first-order chi connectivity index (χ1) is 9.23. The molecule has 19 heavy (non-hydrogen) atoms. The zero-order valence-corrected chi connectivity index (χ0v) is 12.5. The first-order valence-electron chi connectivity index (χ1n) is 6.66. The van der Waals surface area contributed by atoms with E-state index < -0.39 is 6.29 Å². The molecule has 5 atom stereocenters. The summed E-state index contributed by atoms with van der Waals surface area (Å²) in [6, 6.07) is 0. The number of hydrogen-bond acceptors (Lipinski definition) is 6. The monoisotopic (exact) mass is 278 g/mol. The van der Waals surface area contributed by atoms with Gasteiger partial charge in [-0.1, -0.05) is 0 Å². The Kier molecular flexibility index (Phi) is 7.82. The number of methoxy groups -OCH3 is 3. The van der Waals surface area contributed by atoms with Crippen molar-refractivity contribution in [2.24, 2.45) is 0 Å². The molecule has 0 aromatic heterocycles. The summed E-state index contributed by atoms with van der Waals surface area (Å²) in [6.07, 6.45) is -1.55. The van der Waals surface area contributed by atoms with Crippen molar-refractivity contribution in [2.45, 2.75) is 44.6 Å². The molecule has 6 nitrogen and oxygen atoms in total. The Hall–Kier alpha value is -0.240. The molecule has 4 unspecified atom stereocenters. The highest BCUT2D eigenvalue weighted by molar-refractivity contribution is 4.92. The van der Waals surface area contributed by atoms with Crippen LogP contribution in [0.4, 0.5) is 0 Å². The zero-order chi connectivity index (χ0) is 14.3. The Morgan fingerprint density at radius 2 is 1.53 bits per heavy atom. The van der Waals surface area contributed by atoms with Crippen LogP contribution in [0.25, 0.3) is 0 Å². The number of rotatable bonds is 8. The van der Waals surface area contributed by atoms with Gasteiger partial charge in [0.15, 0.2) is 6.29 Å². The van der Waals surface area contributed by atoms with E-state index >= 15 is 0 Å². The fourth-order valence-corrected chi connectivity index (χ4v) is 2.35. The fraction of sp³-hybridized carbons (Fsp3) is 1.00. The van der Waals surface area contributed by atoms with Gasteiger partial charge in [-0.15, -0.1) is 0 Å².